The number of pyridine rings is 1. The number of carbonyl (C=O) groups is 2. The Morgan fingerprint density at radius 2 is 2.06 bits per heavy atom. The number of fused-ring (bicyclic) bond motifs is 1. The van der Waals surface area contributed by atoms with E-state index in [1.54, 1.807) is 31.5 Å². The summed E-state index contributed by atoms with van der Waals surface area (Å²) in [6.07, 6.45) is 3.47. The molecule has 7 heteroatoms. The lowest BCUT2D eigenvalue weighted by Crippen LogP contribution is -2.41. The highest BCUT2D eigenvalue weighted by molar-refractivity contribution is 6.07. The van der Waals surface area contributed by atoms with Crippen LogP contribution >= 0.6 is 0 Å². The summed E-state index contributed by atoms with van der Waals surface area (Å²) in [5.41, 5.74) is 1.96. The fraction of sp³-hybridized carbons (Fsp3) is 0.345. The number of ketones is 1. The van der Waals surface area contributed by atoms with Gasteiger partial charge in [-0.2, -0.15) is 0 Å². The third-order valence-corrected chi connectivity index (χ3v) is 6.76. The van der Waals surface area contributed by atoms with Crippen LogP contribution in [-0.2, 0) is 4.79 Å². The van der Waals surface area contributed by atoms with Crippen LogP contribution in [0.25, 0.3) is 10.9 Å². The first-order valence-electron chi connectivity index (χ1n) is 12.1. The molecule has 2 unspecified atom stereocenters. The topological polar surface area (TPSA) is 79.7 Å². The second-order valence-electron chi connectivity index (χ2n) is 9.16. The number of hydrogen-bond donors (Lipinski definition) is 1. The third-order valence-electron chi connectivity index (χ3n) is 6.76. The summed E-state index contributed by atoms with van der Waals surface area (Å²) >= 11 is 0. The Labute approximate surface area is 210 Å². The lowest BCUT2D eigenvalue weighted by molar-refractivity contribution is -0.139. The molecule has 3 aromatic rings. The Kier molecular flexibility index (Phi) is 8.29. The van der Waals surface area contributed by atoms with Gasteiger partial charge in [0, 0.05) is 42.1 Å². The maximum Gasteiger partial charge on any atom is 0.303 e. The second-order valence-corrected chi connectivity index (χ2v) is 9.16. The molecule has 1 saturated heterocycles. The SMILES string of the molecule is COc1ccc2nccc(C(=O)CCC3CCN(CC#Cc4cccc(F)c4)CC3CC(=O)O)c2c1. The highest BCUT2D eigenvalue weighted by atomic mass is 19.1. The number of aromatic nitrogens is 1. The van der Waals surface area contributed by atoms with Crippen LogP contribution in [-0.4, -0.2) is 53.5 Å². The van der Waals surface area contributed by atoms with Crippen LogP contribution in [0.1, 0.15) is 41.6 Å². The molecule has 2 heterocycles. The average Bonchev–Trinajstić information content (AvgIpc) is 2.87. The van der Waals surface area contributed by atoms with Crippen molar-refractivity contribution in [1.82, 2.24) is 9.88 Å². The number of Topliss-reactive ketones (excluding diaryl/α,β-unsaturated/α-hetero) is 1. The van der Waals surface area contributed by atoms with Crippen LogP contribution in [0.5, 0.6) is 5.75 Å². The molecule has 2 atom stereocenters. The molecule has 0 spiro atoms. The van der Waals surface area contributed by atoms with Gasteiger partial charge in [0.05, 0.1) is 19.2 Å². The van der Waals surface area contributed by atoms with E-state index in [9.17, 15) is 19.1 Å². The van der Waals surface area contributed by atoms with Gasteiger partial charge in [0.2, 0.25) is 0 Å². The number of ether oxygens (including phenoxy) is 1. The summed E-state index contributed by atoms with van der Waals surface area (Å²) in [7, 11) is 1.58. The largest absolute Gasteiger partial charge is 0.497 e. The number of carboxylic acids is 1. The first kappa shape index (κ1) is 25.3. The van der Waals surface area contributed by atoms with E-state index in [2.05, 4.69) is 21.7 Å². The van der Waals surface area contributed by atoms with E-state index in [0.717, 1.165) is 23.9 Å². The lowest BCUT2D eigenvalue weighted by atomic mass is 9.79. The number of carbonyl (C=O) groups excluding carboxylic acids is 1. The Morgan fingerprint density at radius 1 is 1.19 bits per heavy atom. The van der Waals surface area contributed by atoms with Gasteiger partial charge >= 0.3 is 5.97 Å². The standard InChI is InChI=1S/C29H29FN2O4/c1-36-24-8-9-27-26(18-24)25(11-13-31-27)28(33)10-7-21-12-15-32(19-22(21)17-29(34)35)14-3-5-20-4-2-6-23(30)16-20/h2,4,6,8-9,11,13,16,18,21-22H,7,10,12,14-15,17,19H2,1H3,(H,34,35). The molecule has 1 aliphatic rings. The average molecular weight is 489 g/mol. The van der Waals surface area contributed by atoms with Crippen molar-refractivity contribution in [3.63, 3.8) is 0 Å². The molecule has 2 aromatic carbocycles. The maximum absolute atomic E-state index is 13.3. The molecule has 1 fully saturated rings. The van der Waals surface area contributed by atoms with Gasteiger partial charge in [-0.1, -0.05) is 17.9 Å². The number of rotatable bonds is 8. The Hall–Kier alpha value is -3.76. The third kappa shape index (κ3) is 6.46. The minimum absolute atomic E-state index is 0.0214. The number of likely N-dealkylation sites (tertiary alicyclic amines) is 1. The fourth-order valence-corrected chi connectivity index (χ4v) is 4.90. The molecule has 186 valence electrons. The van der Waals surface area contributed by atoms with Crippen molar-refractivity contribution in [2.45, 2.75) is 25.7 Å². The smallest absolute Gasteiger partial charge is 0.303 e. The van der Waals surface area contributed by atoms with Gasteiger partial charge in [-0.3, -0.25) is 19.5 Å². The van der Waals surface area contributed by atoms with Gasteiger partial charge < -0.3 is 9.84 Å². The van der Waals surface area contributed by atoms with Crippen LogP contribution < -0.4 is 4.74 Å². The number of nitrogens with zero attached hydrogens (tertiary/aromatic N) is 2. The van der Waals surface area contributed by atoms with Gasteiger partial charge in [0.1, 0.15) is 11.6 Å². The quantitative estimate of drug-likeness (QED) is 0.362. The number of benzene rings is 2. The summed E-state index contributed by atoms with van der Waals surface area (Å²) < 4.78 is 18.7. The molecule has 0 saturated carbocycles. The van der Waals surface area contributed by atoms with Crippen LogP contribution in [0.4, 0.5) is 4.39 Å². The Bertz CT molecular complexity index is 1310. The van der Waals surface area contributed by atoms with E-state index >= 15 is 0 Å². The predicted molar refractivity (Wildman–Crippen MR) is 135 cm³/mol. The summed E-state index contributed by atoms with van der Waals surface area (Å²) in [5, 5.41) is 10.2. The molecule has 36 heavy (non-hydrogen) atoms. The van der Waals surface area contributed by atoms with E-state index in [1.165, 1.54) is 12.1 Å². The van der Waals surface area contributed by atoms with Crippen LogP contribution in [0.15, 0.2) is 54.7 Å². The number of methoxy groups -OCH3 is 1. The highest BCUT2D eigenvalue weighted by Crippen LogP contribution is 2.31. The van der Waals surface area contributed by atoms with Gasteiger partial charge in [-0.25, -0.2) is 4.39 Å². The van der Waals surface area contributed by atoms with Crippen molar-refractivity contribution in [1.29, 1.82) is 0 Å². The molecule has 0 radical (unpaired) electrons. The zero-order chi connectivity index (χ0) is 25.5. The summed E-state index contributed by atoms with van der Waals surface area (Å²) in [4.78, 5) is 31.2. The van der Waals surface area contributed by atoms with Crippen molar-refractivity contribution in [3.05, 3.63) is 71.7 Å². The van der Waals surface area contributed by atoms with Crippen molar-refractivity contribution in [3.8, 4) is 17.6 Å². The van der Waals surface area contributed by atoms with Gasteiger partial charge in [0.15, 0.2) is 5.78 Å². The molecule has 1 aliphatic heterocycles. The molecule has 6 nitrogen and oxygen atoms in total. The maximum atomic E-state index is 13.3. The molecule has 4 rings (SSSR count). The summed E-state index contributed by atoms with van der Waals surface area (Å²) in [6.45, 7) is 1.88. The van der Waals surface area contributed by atoms with Crippen LogP contribution in [0, 0.1) is 29.5 Å². The lowest BCUT2D eigenvalue weighted by Gasteiger charge is -2.37. The zero-order valence-corrected chi connectivity index (χ0v) is 20.2. The van der Waals surface area contributed by atoms with Gasteiger partial charge in [-0.05, 0) is 73.7 Å². The van der Waals surface area contributed by atoms with E-state index in [1.807, 2.05) is 18.2 Å². The fourth-order valence-electron chi connectivity index (χ4n) is 4.90. The summed E-state index contributed by atoms with van der Waals surface area (Å²) in [5.74, 6) is 5.66. The first-order chi connectivity index (χ1) is 17.4. The van der Waals surface area contributed by atoms with Gasteiger partial charge in [0.25, 0.3) is 0 Å². The Morgan fingerprint density at radius 3 is 2.83 bits per heavy atom. The highest BCUT2D eigenvalue weighted by Gasteiger charge is 2.31. The second kappa shape index (κ2) is 11.8. The van der Waals surface area contributed by atoms with Crippen molar-refractivity contribution >= 4 is 22.7 Å². The van der Waals surface area contributed by atoms with E-state index in [4.69, 9.17) is 4.74 Å². The number of carboxylic acid groups (broad SMARTS) is 1. The number of hydrogen-bond acceptors (Lipinski definition) is 5. The molecule has 1 aromatic heterocycles. The van der Waals surface area contributed by atoms with E-state index in [0.29, 0.717) is 42.8 Å². The molecule has 1 N–H and O–H groups in total. The molecule has 0 bridgehead atoms. The monoisotopic (exact) mass is 488 g/mol. The number of aliphatic carboxylic acids is 1. The predicted octanol–water partition coefficient (Wildman–Crippen LogP) is 4.81. The van der Waals surface area contributed by atoms with Crippen molar-refractivity contribution in [2.75, 3.05) is 26.7 Å². The van der Waals surface area contributed by atoms with Gasteiger partial charge in [-0.15, -0.1) is 0 Å². The minimum Gasteiger partial charge on any atom is -0.497 e. The van der Waals surface area contributed by atoms with Crippen molar-refractivity contribution in [2.24, 2.45) is 11.8 Å². The van der Waals surface area contributed by atoms with Crippen molar-refractivity contribution < 1.29 is 23.8 Å². The minimum atomic E-state index is -0.837. The van der Waals surface area contributed by atoms with E-state index < -0.39 is 5.97 Å². The normalized spacial score (nSPS) is 17.8. The van der Waals surface area contributed by atoms with Crippen LogP contribution in [0.2, 0.25) is 0 Å². The first-order valence-corrected chi connectivity index (χ1v) is 12.1. The zero-order valence-electron chi connectivity index (χ0n) is 20.2. The molecular weight excluding hydrogens is 459 g/mol. The summed E-state index contributed by atoms with van der Waals surface area (Å²) in [6, 6.07) is 13.4. The number of piperidine rings is 1. The number of halogens is 1. The molecule has 0 amide bonds. The van der Waals surface area contributed by atoms with Crippen LogP contribution in [0.3, 0.4) is 0 Å². The Balaban J connectivity index is 1.39. The molecular formula is C29H29FN2O4. The molecule has 0 aliphatic carbocycles. The van der Waals surface area contributed by atoms with E-state index in [-0.39, 0.29) is 29.9 Å².